The molecule has 1 N–H and O–H groups in total. The Balaban J connectivity index is 1.36. The third-order valence-corrected chi connectivity index (χ3v) is 5.08. The lowest BCUT2D eigenvalue weighted by atomic mass is 10.0. The first-order valence-electron chi connectivity index (χ1n) is 8.95. The van der Waals surface area contributed by atoms with Crippen molar-refractivity contribution in [3.63, 3.8) is 0 Å². The van der Waals surface area contributed by atoms with Gasteiger partial charge in [-0.25, -0.2) is 14.4 Å². The van der Waals surface area contributed by atoms with Gasteiger partial charge >= 0.3 is 0 Å². The fourth-order valence-electron chi connectivity index (χ4n) is 3.62. The van der Waals surface area contributed by atoms with Crippen LogP contribution in [0.2, 0.25) is 0 Å². The summed E-state index contributed by atoms with van der Waals surface area (Å²) < 4.78 is 19.4. The van der Waals surface area contributed by atoms with Gasteiger partial charge in [-0.15, -0.1) is 0 Å². The SMILES string of the molecule is Fc1ccccc1N1CCC(Nc2cc(C3CCOC3)ncn2)CC1. The molecule has 2 fully saturated rings. The minimum absolute atomic E-state index is 0.145. The van der Waals surface area contributed by atoms with E-state index in [1.165, 1.54) is 6.07 Å². The summed E-state index contributed by atoms with van der Waals surface area (Å²) in [6, 6.07) is 9.39. The first kappa shape index (κ1) is 16.3. The van der Waals surface area contributed by atoms with Crippen molar-refractivity contribution in [2.45, 2.75) is 31.2 Å². The third kappa shape index (κ3) is 3.74. The normalized spacial score (nSPS) is 21.5. The molecule has 0 spiro atoms. The van der Waals surface area contributed by atoms with Crippen LogP contribution in [0.4, 0.5) is 15.9 Å². The summed E-state index contributed by atoms with van der Waals surface area (Å²) in [6.45, 7) is 3.24. The van der Waals surface area contributed by atoms with Crippen molar-refractivity contribution in [3.05, 3.63) is 48.2 Å². The number of anilines is 2. The summed E-state index contributed by atoms with van der Waals surface area (Å²) in [5.74, 6) is 1.11. The van der Waals surface area contributed by atoms with Crippen LogP contribution in [0.3, 0.4) is 0 Å². The molecule has 1 atom stereocenters. The quantitative estimate of drug-likeness (QED) is 0.925. The van der Waals surface area contributed by atoms with E-state index < -0.39 is 0 Å². The zero-order valence-corrected chi connectivity index (χ0v) is 14.2. The van der Waals surface area contributed by atoms with Gasteiger partial charge in [0.1, 0.15) is 18.0 Å². The van der Waals surface area contributed by atoms with Crippen molar-refractivity contribution in [1.82, 2.24) is 9.97 Å². The molecule has 1 unspecified atom stereocenters. The van der Waals surface area contributed by atoms with Crippen LogP contribution in [-0.2, 0) is 4.74 Å². The first-order valence-corrected chi connectivity index (χ1v) is 8.95. The van der Waals surface area contributed by atoms with Crippen molar-refractivity contribution >= 4 is 11.5 Å². The molecule has 0 bridgehead atoms. The number of rotatable bonds is 4. The Kier molecular flexibility index (Phi) is 4.78. The van der Waals surface area contributed by atoms with Crippen molar-refractivity contribution in [2.24, 2.45) is 0 Å². The Morgan fingerprint density at radius 2 is 1.96 bits per heavy atom. The number of para-hydroxylation sites is 1. The molecule has 3 heterocycles. The van der Waals surface area contributed by atoms with Crippen molar-refractivity contribution in [2.75, 3.05) is 36.5 Å². The summed E-state index contributed by atoms with van der Waals surface area (Å²) in [6.07, 6.45) is 4.57. The highest BCUT2D eigenvalue weighted by Gasteiger charge is 2.23. The van der Waals surface area contributed by atoms with Crippen molar-refractivity contribution < 1.29 is 9.13 Å². The molecule has 2 saturated heterocycles. The Hall–Kier alpha value is -2.21. The van der Waals surface area contributed by atoms with Crippen molar-refractivity contribution in [1.29, 1.82) is 0 Å². The van der Waals surface area contributed by atoms with E-state index in [-0.39, 0.29) is 5.82 Å². The zero-order chi connectivity index (χ0) is 17.1. The Bertz CT molecular complexity index is 712. The fourth-order valence-corrected chi connectivity index (χ4v) is 3.62. The van der Waals surface area contributed by atoms with Gasteiger partial charge in [0, 0.05) is 37.7 Å². The van der Waals surface area contributed by atoms with Crippen LogP contribution in [0.15, 0.2) is 36.7 Å². The molecule has 2 aliphatic rings. The smallest absolute Gasteiger partial charge is 0.146 e. The Labute approximate surface area is 147 Å². The molecule has 132 valence electrons. The third-order valence-electron chi connectivity index (χ3n) is 5.08. The molecule has 1 aromatic heterocycles. The van der Waals surface area contributed by atoms with Gasteiger partial charge in [-0.3, -0.25) is 0 Å². The first-order chi connectivity index (χ1) is 12.3. The predicted molar refractivity (Wildman–Crippen MR) is 95.5 cm³/mol. The van der Waals surface area contributed by atoms with Crippen LogP contribution in [0.5, 0.6) is 0 Å². The average Bonchev–Trinajstić information content (AvgIpc) is 3.18. The molecule has 6 heteroatoms. The lowest BCUT2D eigenvalue weighted by molar-refractivity contribution is 0.193. The molecule has 5 nitrogen and oxygen atoms in total. The molecule has 0 aliphatic carbocycles. The number of benzene rings is 1. The summed E-state index contributed by atoms with van der Waals surface area (Å²) >= 11 is 0. The monoisotopic (exact) mass is 342 g/mol. The number of halogens is 1. The maximum Gasteiger partial charge on any atom is 0.146 e. The van der Waals surface area contributed by atoms with Crippen LogP contribution in [0, 0.1) is 5.82 Å². The highest BCUT2D eigenvalue weighted by molar-refractivity contribution is 5.48. The van der Waals surface area contributed by atoms with E-state index in [4.69, 9.17) is 4.74 Å². The zero-order valence-electron chi connectivity index (χ0n) is 14.2. The minimum atomic E-state index is -0.145. The standard InChI is InChI=1S/C19H23FN4O/c20-16-3-1-2-4-18(16)24-8-5-15(6-9-24)23-19-11-17(21-13-22-19)14-7-10-25-12-14/h1-4,11,13-15H,5-10,12H2,(H,21,22,23). The summed E-state index contributed by atoms with van der Waals surface area (Å²) in [5.41, 5.74) is 1.75. The van der Waals surface area contributed by atoms with Gasteiger partial charge < -0.3 is 15.0 Å². The highest BCUT2D eigenvalue weighted by Crippen LogP contribution is 2.26. The van der Waals surface area contributed by atoms with E-state index in [9.17, 15) is 4.39 Å². The number of nitrogens with zero attached hydrogens (tertiary/aromatic N) is 3. The van der Waals surface area contributed by atoms with Gasteiger partial charge in [-0.1, -0.05) is 12.1 Å². The van der Waals surface area contributed by atoms with Crippen LogP contribution >= 0.6 is 0 Å². The molecule has 0 amide bonds. The second-order valence-corrected chi connectivity index (χ2v) is 6.75. The van der Waals surface area contributed by atoms with E-state index in [1.807, 2.05) is 18.2 Å². The van der Waals surface area contributed by atoms with Crippen LogP contribution < -0.4 is 10.2 Å². The molecule has 1 aromatic carbocycles. The number of piperidine rings is 1. The van der Waals surface area contributed by atoms with E-state index in [0.29, 0.717) is 17.6 Å². The van der Waals surface area contributed by atoms with Crippen LogP contribution in [0.25, 0.3) is 0 Å². The molecule has 0 radical (unpaired) electrons. The maximum absolute atomic E-state index is 13.9. The number of nitrogens with one attached hydrogen (secondary N) is 1. The molecular formula is C19H23FN4O. The largest absolute Gasteiger partial charge is 0.381 e. The summed E-state index contributed by atoms with van der Waals surface area (Å²) in [5, 5.41) is 3.52. The molecule has 2 aromatic rings. The minimum Gasteiger partial charge on any atom is -0.381 e. The molecular weight excluding hydrogens is 319 g/mol. The second kappa shape index (κ2) is 7.35. The Morgan fingerprint density at radius 1 is 1.12 bits per heavy atom. The number of hydrogen-bond donors (Lipinski definition) is 1. The highest BCUT2D eigenvalue weighted by atomic mass is 19.1. The molecule has 2 aliphatic heterocycles. The van der Waals surface area contributed by atoms with E-state index in [2.05, 4.69) is 20.2 Å². The van der Waals surface area contributed by atoms with E-state index >= 15 is 0 Å². The van der Waals surface area contributed by atoms with Gasteiger partial charge in [-0.2, -0.15) is 0 Å². The van der Waals surface area contributed by atoms with Gasteiger partial charge in [0.25, 0.3) is 0 Å². The summed E-state index contributed by atoms with van der Waals surface area (Å²) in [4.78, 5) is 10.9. The van der Waals surface area contributed by atoms with Gasteiger partial charge in [-0.05, 0) is 31.4 Å². The lowest BCUT2D eigenvalue weighted by Crippen LogP contribution is -2.39. The average molecular weight is 342 g/mol. The summed E-state index contributed by atoms with van der Waals surface area (Å²) in [7, 11) is 0. The van der Waals surface area contributed by atoms with Crippen LogP contribution in [-0.4, -0.2) is 42.3 Å². The Morgan fingerprint density at radius 3 is 2.72 bits per heavy atom. The van der Waals surface area contributed by atoms with Gasteiger partial charge in [0.2, 0.25) is 0 Å². The number of ether oxygens (including phenoxy) is 1. The van der Waals surface area contributed by atoms with E-state index in [1.54, 1.807) is 12.4 Å². The van der Waals surface area contributed by atoms with Gasteiger partial charge in [0.05, 0.1) is 18.0 Å². The van der Waals surface area contributed by atoms with Crippen molar-refractivity contribution in [3.8, 4) is 0 Å². The second-order valence-electron chi connectivity index (χ2n) is 6.75. The number of aromatic nitrogens is 2. The maximum atomic E-state index is 13.9. The molecule has 4 rings (SSSR count). The van der Waals surface area contributed by atoms with E-state index in [0.717, 1.165) is 57.1 Å². The topological polar surface area (TPSA) is 50.3 Å². The lowest BCUT2D eigenvalue weighted by Gasteiger charge is -2.34. The molecule has 0 saturated carbocycles. The fraction of sp³-hybridized carbons (Fsp3) is 0.474. The predicted octanol–water partition coefficient (Wildman–Crippen LogP) is 3.20. The van der Waals surface area contributed by atoms with Crippen LogP contribution in [0.1, 0.15) is 30.9 Å². The number of hydrogen-bond acceptors (Lipinski definition) is 5. The van der Waals surface area contributed by atoms with Gasteiger partial charge in [0.15, 0.2) is 0 Å². The molecule has 25 heavy (non-hydrogen) atoms.